The van der Waals surface area contributed by atoms with Crippen molar-refractivity contribution in [2.24, 2.45) is 0 Å². The van der Waals surface area contributed by atoms with Gasteiger partial charge in [-0.3, -0.25) is 4.68 Å². The van der Waals surface area contributed by atoms with Crippen molar-refractivity contribution in [3.05, 3.63) is 48.3 Å². The average molecular weight is 230 g/mol. The van der Waals surface area contributed by atoms with Crippen LogP contribution in [0.5, 0.6) is 5.75 Å². The molecule has 2 rings (SSSR count). The Kier molecular flexibility index (Phi) is 3.81. The van der Waals surface area contributed by atoms with Crippen LogP contribution in [0.4, 0.5) is 0 Å². The van der Waals surface area contributed by atoms with E-state index < -0.39 is 0 Å². The number of benzene rings is 1. The first-order valence-corrected chi connectivity index (χ1v) is 5.96. The maximum Gasteiger partial charge on any atom is 0.119 e. The number of hydrogen-bond acceptors (Lipinski definition) is 2. The molecule has 0 aliphatic carbocycles. The van der Waals surface area contributed by atoms with E-state index in [2.05, 4.69) is 31.1 Å². The molecule has 0 amide bonds. The zero-order valence-corrected chi connectivity index (χ0v) is 10.3. The molecule has 17 heavy (non-hydrogen) atoms. The smallest absolute Gasteiger partial charge is 0.119 e. The largest absolute Gasteiger partial charge is 0.492 e. The molecule has 3 nitrogen and oxygen atoms in total. The minimum Gasteiger partial charge on any atom is -0.492 e. The summed E-state index contributed by atoms with van der Waals surface area (Å²) in [5, 5.41) is 4.12. The van der Waals surface area contributed by atoms with Crippen LogP contribution in [0.2, 0.25) is 0 Å². The van der Waals surface area contributed by atoms with Gasteiger partial charge in [-0.15, -0.1) is 0 Å². The summed E-state index contributed by atoms with van der Waals surface area (Å²) >= 11 is 0. The topological polar surface area (TPSA) is 27.1 Å². The van der Waals surface area contributed by atoms with E-state index in [4.69, 9.17) is 4.74 Å². The van der Waals surface area contributed by atoms with E-state index in [-0.39, 0.29) is 0 Å². The van der Waals surface area contributed by atoms with Gasteiger partial charge in [0.25, 0.3) is 0 Å². The molecule has 0 saturated carbocycles. The van der Waals surface area contributed by atoms with Crippen LogP contribution in [0.3, 0.4) is 0 Å². The van der Waals surface area contributed by atoms with Gasteiger partial charge in [0.05, 0.1) is 6.54 Å². The van der Waals surface area contributed by atoms with Gasteiger partial charge in [-0.1, -0.05) is 26.0 Å². The first-order chi connectivity index (χ1) is 8.25. The second kappa shape index (κ2) is 5.53. The summed E-state index contributed by atoms with van der Waals surface area (Å²) in [7, 11) is 0. The van der Waals surface area contributed by atoms with Crippen molar-refractivity contribution in [2.45, 2.75) is 26.3 Å². The molecule has 0 saturated heterocycles. The van der Waals surface area contributed by atoms with Crippen LogP contribution in [-0.2, 0) is 6.54 Å². The Labute approximate surface area is 102 Å². The molecule has 90 valence electrons. The normalized spacial score (nSPS) is 10.8. The third kappa shape index (κ3) is 3.34. The Morgan fingerprint density at radius 1 is 1.24 bits per heavy atom. The molecule has 0 spiro atoms. The van der Waals surface area contributed by atoms with Gasteiger partial charge in [-0.25, -0.2) is 0 Å². The molecule has 0 fully saturated rings. The predicted molar refractivity (Wildman–Crippen MR) is 68.3 cm³/mol. The van der Waals surface area contributed by atoms with Gasteiger partial charge in [0, 0.05) is 12.4 Å². The lowest BCUT2D eigenvalue weighted by Gasteiger charge is -2.08. The number of ether oxygens (including phenoxy) is 1. The molecule has 0 aliphatic rings. The van der Waals surface area contributed by atoms with E-state index in [1.165, 1.54) is 5.56 Å². The summed E-state index contributed by atoms with van der Waals surface area (Å²) in [6, 6.07) is 10.2. The van der Waals surface area contributed by atoms with Crippen LogP contribution >= 0.6 is 0 Å². The molecule has 0 unspecified atom stereocenters. The predicted octanol–water partition coefficient (Wildman–Crippen LogP) is 3.09. The van der Waals surface area contributed by atoms with E-state index in [1.807, 2.05) is 29.1 Å². The van der Waals surface area contributed by atoms with E-state index in [1.54, 1.807) is 6.20 Å². The van der Waals surface area contributed by atoms with Crippen LogP contribution in [-0.4, -0.2) is 16.4 Å². The van der Waals surface area contributed by atoms with Gasteiger partial charge in [-0.2, -0.15) is 5.10 Å². The summed E-state index contributed by atoms with van der Waals surface area (Å²) in [6.07, 6.45) is 3.71. The zero-order valence-electron chi connectivity index (χ0n) is 10.3. The molecule has 0 bridgehead atoms. The lowest BCUT2D eigenvalue weighted by molar-refractivity contribution is 0.291. The number of rotatable bonds is 5. The van der Waals surface area contributed by atoms with Crippen molar-refractivity contribution in [1.29, 1.82) is 0 Å². The van der Waals surface area contributed by atoms with E-state index in [0.717, 1.165) is 12.3 Å². The van der Waals surface area contributed by atoms with Gasteiger partial charge in [0.15, 0.2) is 0 Å². The fourth-order valence-electron chi connectivity index (χ4n) is 1.64. The first kappa shape index (κ1) is 11.7. The van der Waals surface area contributed by atoms with Crippen molar-refractivity contribution in [1.82, 2.24) is 9.78 Å². The molecular formula is C14H18N2O. The molecule has 1 heterocycles. The Hall–Kier alpha value is -1.77. The second-order valence-corrected chi connectivity index (χ2v) is 4.34. The lowest BCUT2D eigenvalue weighted by atomic mass is 10.0. The van der Waals surface area contributed by atoms with Crippen molar-refractivity contribution < 1.29 is 4.74 Å². The van der Waals surface area contributed by atoms with Gasteiger partial charge < -0.3 is 4.74 Å². The SMILES string of the molecule is CC(C)c1ccc(OCCn2cccn2)cc1. The quantitative estimate of drug-likeness (QED) is 0.789. The van der Waals surface area contributed by atoms with Gasteiger partial charge in [-0.05, 0) is 29.7 Å². The van der Waals surface area contributed by atoms with E-state index in [9.17, 15) is 0 Å². The molecule has 2 aromatic rings. The number of nitrogens with zero attached hydrogens (tertiary/aromatic N) is 2. The van der Waals surface area contributed by atoms with E-state index in [0.29, 0.717) is 12.5 Å². The fourth-order valence-corrected chi connectivity index (χ4v) is 1.64. The summed E-state index contributed by atoms with van der Waals surface area (Å²) in [4.78, 5) is 0. The third-order valence-corrected chi connectivity index (χ3v) is 2.70. The standard InChI is InChI=1S/C14H18N2O/c1-12(2)13-4-6-14(7-5-13)17-11-10-16-9-3-8-15-16/h3-9,12H,10-11H2,1-2H3. The highest BCUT2D eigenvalue weighted by Crippen LogP contribution is 2.18. The molecule has 1 aromatic carbocycles. The molecule has 3 heteroatoms. The average Bonchev–Trinajstić information content (AvgIpc) is 2.83. The molecule has 0 atom stereocenters. The Morgan fingerprint density at radius 2 is 2.00 bits per heavy atom. The van der Waals surface area contributed by atoms with Crippen LogP contribution in [0.15, 0.2) is 42.7 Å². The molecule has 0 N–H and O–H groups in total. The summed E-state index contributed by atoms with van der Waals surface area (Å²) in [6.45, 7) is 5.79. The van der Waals surface area contributed by atoms with E-state index >= 15 is 0 Å². The zero-order chi connectivity index (χ0) is 12.1. The fraction of sp³-hybridized carbons (Fsp3) is 0.357. The van der Waals surface area contributed by atoms with Crippen molar-refractivity contribution in [2.75, 3.05) is 6.61 Å². The van der Waals surface area contributed by atoms with Gasteiger partial charge in [0.2, 0.25) is 0 Å². The van der Waals surface area contributed by atoms with Crippen LogP contribution < -0.4 is 4.74 Å². The molecule has 1 aromatic heterocycles. The number of hydrogen-bond donors (Lipinski definition) is 0. The van der Waals surface area contributed by atoms with Gasteiger partial charge in [0.1, 0.15) is 12.4 Å². The Balaban J connectivity index is 1.83. The Bertz CT molecular complexity index is 432. The maximum atomic E-state index is 5.65. The minimum atomic E-state index is 0.563. The molecule has 0 aliphatic heterocycles. The van der Waals surface area contributed by atoms with Crippen molar-refractivity contribution in [3.8, 4) is 5.75 Å². The highest BCUT2D eigenvalue weighted by molar-refractivity contribution is 5.28. The third-order valence-electron chi connectivity index (χ3n) is 2.70. The van der Waals surface area contributed by atoms with Crippen LogP contribution in [0.25, 0.3) is 0 Å². The highest BCUT2D eigenvalue weighted by Gasteiger charge is 1.99. The maximum absolute atomic E-state index is 5.65. The van der Waals surface area contributed by atoms with Crippen molar-refractivity contribution >= 4 is 0 Å². The summed E-state index contributed by atoms with van der Waals surface area (Å²) < 4.78 is 7.52. The first-order valence-electron chi connectivity index (χ1n) is 5.96. The molecular weight excluding hydrogens is 212 g/mol. The van der Waals surface area contributed by atoms with Gasteiger partial charge >= 0.3 is 0 Å². The number of aromatic nitrogens is 2. The highest BCUT2D eigenvalue weighted by atomic mass is 16.5. The van der Waals surface area contributed by atoms with Crippen LogP contribution in [0.1, 0.15) is 25.3 Å². The monoisotopic (exact) mass is 230 g/mol. The van der Waals surface area contributed by atoms with Crippen LogP contribution in [0, 0.1) is 0 Å². The lowest BCUT2D eigenvalue weighted by Crippen LogP contribution is -2.08. The Morgan fingerprint density at radius 3 is 2.59 bits per heavy atom. The van der Waals surface area contributed by atoms with Crippen molar-refractivity contribution in [3.63, 3.8) is 0 Å². The summed E-state index contributed by atoms with van der Waals surface area (Å²) in [5.41, 5.74) is 1.34. The second-order valence-electron chi connectivity index (χ2n) is 4.34. The summed E-state index contributed by atoms with van der Waals surface area (Å²) in [5.74, 6) is 1.48. The molecule has 0 radical (unpaired) electrons. The minimum absolute atomic E-state index is 0.563.